The number of methoxy groups -OCH3 is 1. The van der Waals surface area contributed by atoms with Crippen LogP contribution in [-0.2, 0) is 18.3 Å². The van der Waals surface area contributed by atoms with Crippen LogP contribution in [0.15, 0.2) is 18.3 Å². The van der Waals surface area contributed by atoms with Gasteiger partial charge in [0.1, 0.15) is 0 Å². The van der Waals surface area contributed by atoms with Gasteiger partial charge in [-0.25, -0.2) is 0 Å². The first-order chi connectivity index (χ1) is 7.29. The topological polar surface area (TPSA) is 26.2 Å². The zero-order chi connectivity index (χ0) is 10.7. The fourth-order valence-electron chi connectivity index (χ4n) is 2.27. The van der Waals surface area contributed by atoms with Gasteiger partial charge in [0.05, 0.1) is 6.10 Å². The van der Waals surface area contributed by atoms with Crippen molar-refractivity contribution in [3.8, 4) is 0 Å². The van der Waals surface area contributed by atoms with Gasteiger partial charge in [-0.2, -0.15) is 0 Å². The third-order valence-electron chi connectivity index (χ3n) is 3.34. The van der Waals surface area contributed by atoms with Crippen LogP contribution >= 0.6 is 0 Å². The number of aryl methyl sites for hydroxylation is 1. The van der Waals surface area contributed by atoms with E-state index in [9.17, 15) is 0 Å². The van der Waals surface area contributed by atoms with Crippen molar-refractivity contribution in [2.45, 2.75) is 38.0 Å². The molecule has 1 aliphatic rings. The summed E-state index contributed by atoms with van der Waals surface area (Å²) in [5.74, 6) is 0. The molecule has 1 N–H and O–H groups in total. The van der Waals surface area contributed by atoms with Gasteiger partial charge in [0.15, 0.2) is 0 Å². The summed E-state index contributed by atoms with van der Waals surface area (Å²) in [6.45, 7) is 0.963. The minimum Gasteiger partial charge on any atom is -0.381 e. The Balaban J connectivity index is 1.77. The minimum atomic E-state index is 0.468. The molecule has 3 heteroatoms. The molecule has 15 heavy (non-hydrogen) atoms. The predicted molar refractivity (Wildman–Crippen MR) is 60.7 cm³/mol. The maximum Gasteiger partial charge on any atom is 0.0586 e. The van der Waals surface area contributed by atoms with E-state index in [1.807, 2.05) is 7.11 Å². The van der Waals surface area contributed by atoms with E-state index in [0.29, 0.717) is 12.1 Å². The molecular formula is C12H20N2O. The predicted octanol–water partition coefficient (Wildman–Crippen LogP) is 1.68. The molecule has 0 aliphatic heterocycles. The summed E-state index contributed by atoms with van der Waals surface area (Å²) >= 11 is 0. The van der Waals surface area contributed by atoms with E-state index in [1.165, 1.54) is 18.5 Å². The zero-order valence-electron chi connectivity index (χ0n) is 9.57. The van der Waals surface area contributed by atoms with Gasteiger partial charge in [-0.15, -0.1) is 0 Å². The fraction of sp³-hybridized carbons (Fsp3) is 0.667. The van der Waals surface area contributed by atoms with Crippen molar-refractivity contribution in [1.29, 1.82) is 0 Å². The maximum absolute atomic E-state index is 5.36. The first-order valence-electron chi connectivity index (χ1n) is 5.66. The largest absolute Gasteiger partial charge is 0.381 e. The van der Waals surface area contributed by atoms with Gasteiger partial charge >= 0.3 is 0 Å². The molecule has 84 valence electrons. The summed E-state index contributed by atoms with van der Waals surface area (Å²) in [6, 6.07) is 4.88. The lowest BCUT2D eigenvalue weighted by atomic mass is 10.2. The highest BCUT2D eigenvalue weighted by Gasteiger charge is 2.23. The van der Waals surface area contributed by atoms with Crippen LogP contribution in [0.25, 0.3) is 0 Å². The van der Waals surface area contributed by atoms with E-state index in [0.717, 1.165) is 13.0 Å². The second kappa shape index (κ2) is 4.81. The average molecular weight is 208 g/mol. The van der Waals surface area contributed by atoms with Crippen LogP contribution in [0.1, 0.15) is 25.0 Å². The van der Waals surface area contributed by atoms with Crippen molar-refractivity contribution in [2.24, 2.45) is 7.05 Å². The highest BCUT2D eigenvalue weighted by Crippen LogP contribution is 2.21. The highest BCUT2D eigenvalue weighted by molar-refractivity contribution is 5.06. The SMILES string of the molecule is COC1CCC(NCc2cccn2C)C1. The van der Waals surface area contributed by atoms with Crippen LogP contribution in [0.5, 0.6) is 0 Å². The summed E-state index contributed by atoms with van der Waals surface area (Å²) in [4.78, 5) is 0. The lowest BCUT2D eigenvalue weighted by Crippen LogP contribution is -2.27. The number of rotatable bonds is 4. The van der Waals surface area contributed by atoms with Crippen LogP contribution in [0.2, 0.25) is 0 Å². The van der Waals surface area contributed by atoms with E-state index in [4.69, 9.17) is 4.74 Å². The Morgan fingerprint density at radius 3 is 3.00 bits per heavy atom. The van der Waals surface area contributed by atoms with Crippen molar-refractivity contribution in [2.75, 3.05) is 7.11 Å². The van der Waals surface area contributed by atoms with Crippen LogP contribution in [0.4, 0.5) is 0 Å². The third-order valence-corrected chi connectivity index (χ3v) is 3.34. The van der Waals surface area contributed by atoms with Gasteiger partial charge < -0.3 is 14.6 Å². The molecule has 1 saturated carbocycles. The Morgan fingerprint density at radius 1 is 1.53 bits per heavy atom. The molecular weight excluding hydrogens is 188 g/mol. The highest BCUT2D eigenvalue weighted by atomic mass is 16.5. The smallest absolute Gasteiger partial charge is 0.0586 e. The summed E-state index contributed by atoms with van der Waals surface area (Å²) < 4.78 is 7.52. The molecule has 0 spiro atoms. The number of aromatic nitrogens is 1. The number of nitrogens with one attached hydrogen (secondary N) is 1. The Hall–Kier alpha value is -0.800. The van der Waals surface area contributed by atoms with Gasteiger partial charge in [0, 0.05) is 38.6 Å². The molecule has 1 aromatic rings. The van der Waals surface area contributed by atoms with Crippen molar-refractivity contribution in [3.05, 3.63) is 24.0 Å². The van der Waals surface area contributed by atoms with Gasteiger partial charge in [-0.1, -0.05) is 0 Å². The Kier molecular flexibility index (Phi) is 3.44. The fourth-order valence-corrected chi connectivity index (χ4v) is 2.27. The molecule has 0 radical (unpaired) electrons. The molecule has 2 unspecified atom stereocenters. The molecule has 2 rings (SSSR count). The van der Waals surface area contributed by atoms with E-state index >= 15 is 0 Å². The quantitative estimate of drug-likeness (QED) is 0.815. The Morgan fingerprint density at radius 2 is 2.40 bits per heavy atom. The first kappa shape index (κ1) is 10.7. The van der Waals surface area contributed by atoms with Crippen molar-refractivity contribution in [3.63, 3.8) is 0 Å². The normalized spacial score (nSPS) is 26.0. The summed E-state index contributed by atoms with van der Waals surface area (Å²) in [7, 11) is 3.90. The lowest BCUT2D eigenvalue weighted by Gasteiger charge is -2.13. The molecule has 1 fully saturated rings. The monoisotopic (exact) mass is 208 g/mol. The van der Waals surface area contributed by atoms with E-state index in [2.05, 4.69) is 35.3 Å². The number of ether oxygens (including phenoxy) is 1. The second-order valence-corrected chi connectivity index (χ2v) is 4.36. The van der Waals surface area contributed by atoms with Gasteiger partial charge in [0.2, 0.25) is 0 Å². The maximum atomic E-state index is 5.36. The van der Waals surface area contributed by atoms with Gasteiger partial charge in [-0.05, 0) is 31.4 Å². The third kappa shape index (κ3) is 2.61. The van der Waals surface area contributed by atoms with Gasteiger partial charge in [0.25, 0.3) is 0 Å². The molecule has 1 aliphatic carbocycles. The average Bonchev–Trinajstić information content (AvgIpc) is 2.84. The number of hydrogen-bond donors (Lipinski definition) is 1. The lowest BCUT2D eigenvalue weighted by molar-refractivity contribution is 0.107. The molecule has 3 nitrogen and oxygen atoms in total. The van der Waals surface area contributed by atoms with Crippen molar-refractivity contribution < 1.29 is 4.74 Å². The molecule has 1 aromatic heterocycles. The molecule has 1 heterocycles. The van der Waals surface area contributed by atoms with Crippen LogP contribution < -0.4 is 5.32 Å². The van der Waals surface area contributed by atoms with Crippen LogP contribution in [0, 0.1) is 0 Å². The second-order valence-electron chi connectivity index (χ2n) is 4.36. The summed E-state index contributed by atoms with van der Waals surface area (Å²) in [5.41, 5.74) is 1.34. The molecule has 0 bridgehead atoms. The first-order valence-corrected chi connectivity index (χ1v) is 5.66. The zero-order valence-corrected chi connectivity index (χ0v) is 9.57. The Labute approximate surface area is 91.4 Å². The standard InChI is InChI=1S/C12H20N2O/c1-14-7-3-4-11(14)9-13-10-5-6-12(8-10)15-2/h3-4,7,10,12-13H,5-6,8-9H2,1-2H3. The summed E-state index contributed by atoms with van der Waals surface area (Å²) in [6.07, 6.45) is 6.14. The van der Waals surface area contributed by atoms with Crippen molar-refractivity contribution in [1.82, 2.24) is 9.88 Å². The minimum absolute atomic E-state index is 0.468. The van der Waals surface area contributed by atoms with Crippen LogP contribution in [0.3, 0.4) is 0 Å². The summed E-state index contributed by atoms with van der Waals surface area (Å²) in [5, 5.41) is 3.59. The number of hydrogen-bond acceptors (Lipinski definition) is 2. The number of nitrogens with zero attached hydrogens (tertiary/aromatic N) is 1. The Bertz CT molecular complexity index is 308. The van der Waals surface area contributed by atoms with Crippen LogP contribution in [-0.4, -0.2) is 23.8 Å². The van der Waals surface area contributed by atoms with Crippen molar-refractivity contribution >= 4 is 0 Å². The molecule has 0 aromatic carbocycles. The molecule has 2 atom stereocenters. The van der Waals surface area contributed by atoms with E-state index in [1.54, 1.807) is 0 Å². The van der Waals surface area contributed by atoms with E-state index in [-0.39, 0.29) is 0 Å². The molecule has 0 amide bonds. The molecule has 0 saturated heterocycles. The van der Waals surface area contributed by atoms with E-state index < -0.39 is 0 Å². The van der Waals surface area contributed by atoms with Gasteiger partial charge in [-0.3, -0.25) is 0 Å².